The Bertz CT molecular complexity index is 1130. The van der Waals surface area contributed by atoms with E-state index in [1.807, 2.05) is 54.6 Å². The average molecular weight is 419 g/mol. The molecular weight excluding hydrogens is 404 g/mol. The number of nitrogens with zero attached hydrogens (tertiary/aromatic N) is 1. The molecule has 0 atom stereocenters. The van der Waals surface area contributed by atoms with E-state index in [1.165, 1.54) is 6.08 Å². The van der Waals surface area contributed by atoms with Gasteiger partial charge in [0.25, 0.3) is 0 Å². The molecule has 0 saturated heterocycles. The van der Waals surface area contributed by atoms with Crippen molar-refractivity contribution in [1.29, 1.82) is 0 Å². The fourth-order valence-electron chi connectivity index (χ4n) is 2.68. The van der Waals surface area contributed by atoms with Crippen LogP contribution in [0.25, 0.3) is 28.6 Å². The summed E-state index contributed by atoms with van der Waals surface area (Å²) in [4.78, 5) is 16.7. The van der Waals surface area contributed by atoms with Crippen molar-refractivity contribution in [3.8, 4) is 11.5 Å². The first-order chi connectivity index (χ1) is 13.2. The first-order valence-electron chi connectivity index (χ1n) is 8.39. The van der Waals surface area contributed by atoms with Gasteiger partial charge in [0.05, 0.1) is 5.56 Å². The van der Waals surface area contributed by atoms with Crippen LogP contribution in [0.3, 0.4) is 0 Å². The lowest BCUT2D eigenvalue weighted by Crippen LogP contribution is -2.07. The molecule has 4 rings (SSSR count). The minimum absolute atomic E-state index is 0.201. The number of hydrogen-bond donors (Lipinski definition) is 1. The molecule has 0 aliphatic carbocycles. The number of fused-ring (bicyclic) bond motifs is 1. The molecule has 0 aliphatic rings. The molecule has 0 saturated carbocycles. The summed E-state index contributed by atoms with van der Waals surface area (Å²) in [6.45, 7) is 0. The molecule has 0 fully saturated rings. The molecule has 1 heterocycles. The molecule has 1 amide bonds. The highest BCUT2D eigenvalue weighted by atomic mass is 79.9. The van der Waals surface area contributed by atoms with E-state index in [0.717, 1.165) is 15.6 Å². The monoisotopic (exact) mass is 418 g/mol. The van der Waals surface area contributed by atoms with Crippen LogP contribution in [0.15, 0.2) is 87.8 Å². The minimum atomic E-state index is -0.201. The Morgan fingerprint density at radius 3 is 2.59 bits per heavy atom. The quantitative estimate of drug-likeness (QED) is 0.419. The summed E-state index contributed by atoms with van der Waals surface area (Å²) in [6.07, 6.45) is 3.28. The first kappa shape index (κ1) is 17.2. The fourth-order valence-corrected chi connectivity index (χ4v) is 3.13. The van der Waals surface area contributed by atoms with Gasteiger partial charge in [-0.1, -0.05) is 42.5 Å². The molecule has 4 nitrogen and oxygen atoms in total. The molecule has 0 unspecified atom stereocenters. The molecule has 3 aromatic carbocycles. The summed E-state index contributed by atoms with van der Waals surface area (Å²) in [5.74, 6) is 0.331. The highest BCUT2D eigenvalue weighted by Gasteiger charge is 2.11. The van der Waals surface area contributed by atoms with Crippen LogP contribution >= 0.6 is 15.9 Å². The molecule has 0 spiro atoms. The van der Waals surface area contributed by atoms with Crippen molar-refractivity contribution >= 4 is 44.7 Å². The minimum Gasteiger partial charge on any atom is -0.436 e. The van der Waals surface area contributed by atoms with E-state index in [0.29, 0.717) is 22.7 Å². The molecule has 1 aromatic heterocycles. The van der Waals surface area contributed by atoms with Gasteiger partial charge in [0.15, 0.2) is 5.58 Å². The van der Waals surface area contributed by atoms with Crippen LogP contribution in [0.2, 0.25) is 0 Å². The molecule has 0 aliphatic heterocycles. The van der Waals surface area contributed by atoms with E-state index < -0.39 is 0 Å². The number of benzene rings is 3. The maximum absolute atomic E-state index is 12.1. The van der Waals surface area contributed by atoms with Crippen molar-refractivity contribution in [2.24, 2.45) is 0 Å². The molecule has 4 aromatic rings. The van der Waals surface area contributed by atoms with Crippen molar-refractivity contribution in [2.45, 2.75) is 0 Å². The number of carbonyl (C=O) groups excluding carboxylic acids is 1. The molecule has 5 heteroatoms. The van der Waals surface area contributed by atoms with Crippen LogP contribution < -0.4 is 5.32 Å². The SMILES string of the molecule is O=C(/C=C/c1ccccc1)Nc1ccc2oc(-c3ccccc3Br)nc2c1. The normalized spacial score (nSPS) is 11.1. The zero-order valence-corrected chi connectivity index (χ0v) is 15.8. The molecule has 0 radical (unpaired) electrons. The maximum atomic E-state index is 12.1. The Kier molecular flexibility index (Phi) is 4.85. The van der Waals surface area contributed by atoms with Gasteiger partial charge in [-0.15, -0.1) is 0 Å². The Balaban J connectivity index is 1.54. The van der Waals surface area contributed by atoms with Crippen LogP contribution in [-0.2, 0) is 4.79 Å². The highest BCUT2D eigenvalue weighted by molar-refractivity contribution is 9.10. The van der Waals surface area contributed by atoms with Crippen LogP contribution in [0.4, 0.5) is 5.69 Å². The number of halogens is 1. The van der Waals surface area contributed by atoms with E-state index >= 15 is 0 Å². The molecule has 0 bridgehead atoms. The number of nitrogens with one attached hydrogen (secondary N) is 1. The van der Waals surface area contributed by atoms with Crippen LogP contribution in [-0.4, -0.2) is 10.9 Å². The van der Waals surface area contributed by atoms with Gasteiger partial charge in [-0.3, -0.25) is 4.79 Å². The maximum Gasteiger partial charge on any atom is 0.248 e. The van der Waals surface area contributed by atoms with Gasteiger partial charge in [0, 0.05) is 16.2 Å². The third-order valence-corrected chi connectivity index (χ3v) is 4.68. The van der Waals surface area contributed by atoms with E-state index in [4.69, 9.17) is 4.42 Å². The van der Waals surface area contributed by atoms with Gasteiger partial charge in [-0.2, -0.15) is 0 Å². The third kappa shape index (κ3) is 3.99. The number of aromatic nitrogens is 1. The van der Waals surface area contributed by atoms with Crippen LogP contribution in [0, 0.1) is 0 Å². The number of hydrogen-bond acceptors (Lipinski definition) is 3. The third-order valence-electron chi connectivity index (χ3n) is 3.99. The Morgan fingerprint density at radius 1 is 1.00 bits per heavy atom. The number of anilines is 1. The van der Waals surface area contributed by atoms with Crippen LogP contribution in [0.5, 0.6) is 0 Å². The second-order valence-corrected chi connectivity index (χ2v) is 6.77. The standard InChI is InChI=1S/C22H15BrN2O2/c23-18-9-5-4-8-17(18)22-25-19-14-16(11-12-20(19)27-22)24-21(26)13-10-15-6-2-1-3-7-15/h1-14H,(H,24,26)/b13-10+. The zero-order valence-electron chi connectivity index (χ0n) is 14.2. The lowest BCUT2D eigenvalue weighted by atomic mass is 10.2. The van der Waals surface area contributed by atoms with Crippen molar-refractivity contribution in [1.82, 2.24) is 4.98 Å². The van der Waals surface area contributed by atoms with Gasteiger partial charge in [0.2, 0.25) is 11.8 Å². The topological polar surface area (TPSA) is 55.1 Å². The largest absolute Gasteiger partial charge is 0.436 e. The Morgan fingerprint density at radius 2 is 1.78 bits per heavy atom. The predicted octanol–water partition coefficient (Wildman–Crippen LogP) is 5.91. The van der Waals surface area contributed by atoms with Gasteiger partial charge in [-0.05, 0) is 57.9 Å². The number of oxazole rings is 1. The number of carbonyl (C=O) groups is 1. The smallest absolute Gasteiger partial charge is 0.248 e. The molecule has 132 valence electrons. The summed E-state index contributed by atoms with van der Waals surface area (Å²) in [7, 11) is 0. The first-order valence-corrected chi connectivity index (χ1v) is 9.18. The predicted molar refractivity (Wildman–Crippen MR) is 111 cm³/mol. The number of amides is 1. The van der Waals surface area contributed by atoms with Crippen LogP contribution in [0.1, 0.15) is 5.56 Å². The summed E-state index contributed by atoms with van der Waals surface area (Å²) >= 11 is 3.51. The van der Waals surface area contributed by atoms with Gasteiger partial charge in [0.1, 0.15) is 5.52 Å². The molecule has 1 N–H and O–H groups in total. The average Bonchev–Trinajstić information content (AvgIpc) is 3.10. The Labute approximate surface area is 164 Å². The zero-order chi connectivity index (χ0) is 18.6. The van der Waals surface area contributed by atoms with E-state index in [-0.39, 0.29) is 5.91 Å². The van der Waals surface area contributed by atoms with Gasteiger partial charge < -0.3 is 9.73 Å². The van der Waals surface area contributed by atoms with Crippen molar-refractivity contribution in [3.05, 3.63) is 88.9 Å². The summed E-state index contributed by atoms with van der Waals surface area (Å²) in [5, 5.41) is 2.85. The number of rotatable bonds is 4. The van der Waals surface area contributed by atoms with Crippen molar-refractivity contribution in [3.63, 3.8) is 0 Å². The summed E-state index contributed by atoms with van der Waals surface area (Å²) in [5.41, 5.74) is 3.86. The molecule has 27 heavy (non-hydrogen) atoms. The van der Waals surface area contributed by atoms with Gasteiger partial charge in [-0.25, -0.2) is 4.98 Å². The Hall–Kier alpha value is -3.18. The lowest BCUT2D eigenvalue weighted by Gasteiger charge is -2.01. The summed E-state index contributed by atoms with van der Waals surface area (Å²) < 4.78 is 6.75. The van der Waals surface area contributed by atoms with Crippen molar-refractivity contribution in [2.75, 3.05) is 5.32 Å². The van der Waals surface area contributed by atoms with E-state index in [1.54, 1.807) is 24.3 Å². The molecular formula is C22H15BrN2O2. The summed E-state index contributed by atoms with van der Waals surface area (Å²) in [6, 6.07) is 22.8. The van der Waals surface area contributed by atoms with E-state index in [2.05, 4.69) is 26.2 Å². The second kappa shape index (κ2) is 7.60. The van der Waals surface area contributed by atoms with Gasteiger partial charge >= 0.3 is 0 Å². The van der Waals surface area contributed by atoms with Crippen molar-refractivity contribution < 1.29 is 9.21 Å². The lowest BCUT2D eigenvalue weighted by molar-refractivity contribution is -0.111. The highest BCUT2D eigenvalue weighted by Crippen LogP contribution is 2.30. The second-order valence-electron chi connectivity index (χ2n) is 5.91. The fraction of sp³-hybridized carbons (Fsp3) is 0. The van der Waals surface area contributed by atoms with E-state index in [9.17, 15) is 4.79 Å².